The van der Waals surface area contributed by atoms with Gasteiger partial charge >= 0.3 is 6.03 Å². The van der Waals surface area contributed by atoms with Gasteiger partial charge in [-0.15, -0.1) is 0 Å². The largest absolute Gasteiger partial charge is 0.335 e. The summed E-state index contributed by atoms with van der Waals surface area (Å²) in [4.78, 5) is 11.8. The van der Waals surface area contributed by atoms with Gasteiger partial charge in [-0.1, -0.05) is 31.0 Å². The van der Waals surface area contributed by atoms with Gasteiger partial charge in [0.2, 0.25) is 0 Å². The standard InChI is InChI=1S/C14H21ClN2O/c1-5-6-11(4)16-14(18)17-13-10(3)7-9(2)8-12(13)15/h7-8,11H,5-6H2,1-4H3,(H2,16,17,18)/t11-/m1/s1. The molecule has 0 aliphatic heterocycles. The maximum absolute atomic E-state index is 11.8. The number of anilines is 1. The quantitative estimate of drug-likeness (QED) is 0.841. The van der Waals surface area contributed by atoms with Gasteiger partial charge in [-0.3, -0.25) is 0 Å². The third-order valence-electron chi connectivity index (χ3n) is 2.77. The molecule has 0 aliphatic rings. The van der Waals surface area contributed by atoms with E-state index < -0.39 is 0 Å². The normalized spacial score (nSPS) is 12.1. The number of nitrogens with one attached hydrogen (secondary N) is 2. The van der Waals surface area contributed by atoms with Crippen LogP contribution >= 0.6 is 11.6 Å². The number of amides is 2. The summed E-state index contributed by atoms with van der Waals surface area (Å²) >= 11 is 6.13. The van der Waals surface area contributed by atoms with Gasteiger partial charge in [-0.25, -0.2) is 4.79 Å². The molecule has 0 aromatic heterocycles. The van der Waals surface area contributed by atoms with Crippen molar-refractivity contribution in [3.05, 3.63) is 28.3 Å². The Morgan fingerprint density at radius 3 is 2.61 bits per heavy atom. The van der Waals surface area contributed by atoms with E-state index in [1.807, 2.05) is 32.9 Å². The molecule has 2 N–H and O–H groups in total. The molecular formula is C14H21ClN2O. The highest BCUT2D eigenvalue weighted by atomic mass is 35.5. The lowest BCUT2D eigenvalue weighted by molar-refractivity contribution is 0.248. The molecule has 1 aromatic rings. The Bertz CT molecular complexity index is 409. The molecule has 0 bridgehead atoms. The average molecular weight is 269 g/mol. The maximum Gasteiger partial charge on any atom is 0.319 e. The molecule has 4 heteroatoms. The Morgan fingerprint density at radius 1 is 1.39 bits per heavy atom. The van der Waals surface area contributed by atoms with Crippen molar-refractivity contribution >= 4 is 23.3 Å². The average Bonchev–Trinajstić information content (AvgIpc) is 2.23. The van der Waals surface area contributed by atoms with E-state index in [9.17, 15) is 4.79 Å². The van der Waals surface area contributed by atoms with Gasteiger partial charge < -0.3 is 10.6 Å². The third-order valence-corrected chi connectivity index (χ3v) is 3.07. The van der Waals surface area contributed by atoms with Crippen LogP contribution in [-0.4, -0.2) is 12.1 Å². The van der Waals surface area contributed by atoms with Crippen LogP contribution in [0.4, 0.5) is 10.5 Å². The molecule has 0 saturated carbocycles. The molecule has 1 rings (SSSR count). The fourth-order valence-electron chi connectivity index (χ4n) is 1.95. The number of hydrogen-bond acceptors (Lipinski definition) is 1. The van der Waals surface area contributed by atoms with Gasteiger partial charge in [0.1, 0.15) is 0 Å². The molecular weight excluding hydrogens is 248 g/mol. The molecule has 2 amide bonds. The second kappa shape index (κ2) is 6.64. The number of benzene rings is 1. The lowest BCUT2D eigenvalue weighted by Gasteiger charge is -2.16. The molecule has 18 heavy (non-hydrogen) atoms. The van der Waals surface area contributed by atoms with E-state index in [1.165, 1.54) is 0 Å². The first-order valence-electron chi connectivity index (χ1n) is 6.28. The minimum Gasteiger partial charge on any atom is -0.335 e. The van der Waals surface area contributed by atoms with Gasteiger partial charge in [-0.05, 0) is 44.4 Å². The van der Waals surface area contributed by atoms with E-state index in [0.29, 0.717) is 10.7 Å². The number of urea groups is 1. The fraction of sp³-hybridized carbons (Fsp3) is 0.500. The van der Waals surface area contributed by atoms with Crippen molar-refractivity contribution in [2.45, 2.75) is 46.6 Å². The van der Waals surface area contributed by atoms with Crippen molar-refractivity contribution in [1.29, 1.82) is 0 Å². The Labute approximate surface area is 114 Å². The minimum atomic E-state index is -0.204. The minimum absolute atomic E-state index is 0.166. The van der Waals surface area contributed by atoms with Crippen molar-refractivity contribution < 1.29 is 4.79 Å². The summed E-state index contributed by atoms with van der Waals surface area (Å²) in [6, 6.07) is 3.81. The summed E-state index contributed by atoms with van der Waals surface area (Å²) in [5, 5.41) is 6.28. The number of carbonyl (C=O) groups excluding carboxylic acids is 1. The summed E-state index contributed by atoms with van der Waals surface area (Å²) in [7, 11) is 0. The number of rotatable bonds is 4. The molecule has 0 saturated heterocycles. The van der Waals surface area contributed by atoms with Crippen molar-refractivity contribution in [3.63, 3.8) is 0 Å². The lowest BCUT2D eigenvalue weighted by Crippen LogP contribution is -2.36. The second-order valence-corrected chi connectivity index (χ2v) is 5.13. The summed E-state index contributed by atoms with van der Waals surface area (Å²) in [6.07, 6.45) is 2.01. The van der Waals surface area contributed by atoms with E-state index >= 15 is 0 Å². The third kappa shape index (κ3) is 4.22. The number of hydrogen-bond donors (Lipinski definition) is 2. The van der Waals surface area contributed by atoms with Crippen molar-refractivity contribution in [3.8, 4) is 0 Å². The SMILES string of the molecule is CCC[C@@H](C)NC(=O)Nc1c(C)cc(C)cc1Cl. The molecule has 0 aliphatic carbocycles. The number of aryl methyl sites for hydroxylation is 2. The van der Waals surface area contributed by atoms with Gasteiger partial charge in [-0.2, -0.15) is 0 Å². The van der Waals surface area contributed by atoms with Crippen LogP contribution in [0.25, 0.3) is 0 Å². The molecule has 0 radical (unpaired) electrons. The van der Waals surface area contributed by atoms with Crippen LogP contribution in [0.2, 0.25) is 5.02 Å². The molecule has 0 unspecified atom stereocenters. The topological polar surface area (TPSA) is 41.1 Å². The van der Waals surface area contributed by atoms with Crippen LogP contribution in [0, 0.1) is 13.8 Å². The zero-order chi connectivity index (χ0) is 13.7. The fourth-order valence-corrected chi connectivity index (χ4v) is 2.32. The first-order chi connectivity index (χ1) is 8.43. The van der Waals surface area contributed by atoms with Crippen LogP contribution in [0.5, 0.6) is 0 Å². The van der Waals surface area contributed by atoms with Gasteiger partial charge in [0.05, 0.1) is 10.7 Å². The molecule has 100 valence electrons. The highest BCUT2D eigenvalue weighted by Gasteiger charge is 2.11. The molecule has 1 aromatic carbocycles. The van der Waals surface area contributed by atoms with Crippen LogP contribution in [-0.2, 0) is 0 Å². The molecule has 0 spiro atoms. The summed E-state index contributed by atoms with van der Waals surface area (Å²) in [5.74, 6) is 0. The van der Waals surface area contributed by atoms with Crippen molar-refractivity contribution in [1.82, 2.24) is 5.32 Å². The first-order valence-corrected chi connectivity index (χ1v) is 6.66. The number of carbonyl (C=O) groups is 1. The Hall–Kier alpha value is -1.22. The molecule has 3 nitrogen and oxygen atoms in total. The Morgan fingerprint density at radius 2 is 2.06 bits per heavy atom. The van der Waals surface area contributed by atoms with Crippen LogP contribution in [0.1, 0.15) is 37.8 Å². The molecule has 1 atom stereocenters. The van der Waals surface area contributed by atoms with Crippen LogP contribution in [0.15, 0.2) is 12.1 Å². The highest BCUT2D eigenvalue weighted by molar-refractivity contribution is 6.34. The van der Waals surface area contributed by atoms with E-state index in [1.54, 1.807) is 0 Å². The van der Waals surface area contributed by atoms with E-state index in [2.05, 4.69) is 17.6 Å². The zero-order valence-corrected chi connectivity index (χ0v) is 12.2. The second-order valence-electron chi connectivity index (χ2n) is 4.73. The van der Waals surface area contributed by atoms with Gasteiger partial charge in [0.25, 0.3) is 0 Å². The predicted octanol–water partition coefficient (Wildman–Crippen LogP) is 4.27. The maximum atomic E-state index is 11.8. The number of halogens is 1. The molecule has 0 heterocycles. The van der Waals surface area contributed by atoms with Crippen LogP contribution < -0.4 is 10.6 Å². The highest BCUT2D eigenvalue weighted by Crippen LogP contribution is 2.27. The summed E-state index contributed by atoms with van der Waals surface area (Å²) in [5.41, 5.74) is 2.74. The van der Waals surface area contributed by atoms with E-state index in [-0.39, 0.29) is 12.1 Å². The van der Waals surface area contributed by atoms with Crippen molar-refractivity contribution in [2.24, 2.45) is 0 Å². The molecule has 0 fully saturated rings. The van der Waals surface area contributed by atoms with E-state index in [0.717, 1.165) is 24.0 Å². The van der Waals surface area contributed by atoms with Gasteiger partial charge in [0.15, 0.2) is 0 Å². The Balaban J connectivity index is 2.70. The van der Waals surface area contributed by atoms with E-state index in [4.69, 9.17) is 11.6 Å². The monoisotopic (exact) mass is 268 g/mol. The summed E-state index contributed by atoms with van der Waals surface area (Å²) in [6.45, 7) is 8.00. The predicted molar refractivity (Wildman–Crippen MR) is 77.5 cm³/mol. The smallest absolute Gasteiger partial charge is 0.319 e. The Kier molecular flexibility index (Phi) is 5.48. The summed E-state index contributed by atoms with van der Waals surface area (Å²) < 4.78 is 0. The van der Waals surface area contributed by atoms with Crippen LogP contribution in [0.3, 0.4) is 0 Å². The zero-order valence-electron chi connectivity index (χ0n) is 11.4. The lowest BCUT2D eigenvalue weighted by atomic mass is 10.1. The first kappa shape index (κ1) is 14.8. The van der Waals surface area contributed by atoms with Gasteiger partial charge in [0, 0.05) is 6.04 Å². The van der Waals surface area contributed by atoms with Crippen molar-refractivity contribution in [2.75, 3.05) is 5.32 Å².